The molecule has 4 unspecified atom stereocenters. The molecule has 0 aliphatic carbocycles. The maximum Gasteiger partial charge on any atom is 0.305 e. The zero-order chi connectivity index (χ0) is 29.6. The second-order valence-corrected chi connectivity index (χ2v) is 12.2. The smallest absolute Gasteiger partial charge is 0.305 e. The van der Waals surface area contributed by atoms with Crippen LogP contribution >= 0.6 is 11.3 Å². The van der Waals surface area contributed by atoms with Gasteiger partial charge in [0.2, 0.25) is 17.7 Å². The van der Waals surface area contributed by atoms with Crippen LogP contribution in [-0.2, 0) is 23.9 Å². The molecule has 1 aromatic carbocycles. The summed E-state index contributed by atoms with van der Waals surface area (Å²) in [5, 5.41) is 16.2. The molecule has 2 aromatic rings. The van der Waals surface area contributed by atoms with Crippen molar-refractivity contribution in [1.82, 2.24) is 20.5 Å². The molecule has 11 heteroatoms. The Morgan fingerprint density at radius 2 is 1.82 bits per heavy atom. The predicted molar refractivity (Wildman–Crippen MR) is 152 cm³/mol. The summed E-state index contributed by atoms with van der Waals surface area (Å²) in [6.07, 6.45) is -0.296. The number of benzene rings is 1. The van der Waals surface area contributed by atoms with E-state index in [1.165, 1.54) is 12.0 Å². The number of hydrogen-bond donors (Lipinski definition) is 3. The van der Waals surface area contributed by atoms with Crippen LogP contribution in [0.1, 0.15) is 70.7 Å². The van der Waals surface area contributed by atoms with Crippen molar-refractivity contribution in [2.24, 2.45) is 5.41 Å². The molecule has 40 heavy (non-hydrogen) atoms. The zero-order valence-electron chi connectivity index (χ0n) is 24.0. The minimum atomic E-state index is -0.918. The lowest BCUT2D eigenvalue weighted by molar-refractivity contribution is -0.144. The van der Waals surface area contributed by atoms with E-state index in [4.69, 9.17) is 0 Å². The first kappa shape index (κ1) is 31.2. The number of methoxy groups -OCH3 is 1. The molecule has 218 valence electrons. The average Bonchev–Trinajstić information content (AvgIpc) is 3.51. The quantitative estimate of drug-likeness (QED) is 0.372. The Kier molecular flexibility index (Phi) is 10.4. The molecular weight excluding hydrogens is 532 g/mol. The fourth-order valence-corrected chi connectivity index (χ4v) is 5.56. The molecule has 0 bridgehead atoms. The molecule has 1 aromatic heterocycles. The van der Waals surface area contributed by atoms with Gasteiger partial charge >= 0.3 is 5.97 Å². The van der Waals surface area contributed by atoms with Crippen LogP contribution in [0.25, 0.3) is 10.4 Å². The molecule has 2 heterocycles. The maximum absolute atomic E-state index is 13.7. The number of aliphatic hydroxyl groups is 1. The van der Waals surface area contributed by atoms with Gasteiger partial charge in [0, 0.05) is 25.8 Å². The van der Waals surface area contributed by atoms with Crippen LogP contribution in [0.15, 0.2) is 29.8 Å². The summed E-state index contributed by atoms with van der Waals surface area (Å²) in [5.41, 5.74) is 4.08. The highest BCUT2D eigenvalue weighted by Crippen LogP contribution is 2.29. The van der Waals surface area contributed by atoms with Crippen LogP contribution in [0.2, 0.25) is 0 Å². The Balaban J connectivity index is 1.67. The Morgan fingerprint density at radius 1 is 1.15 bits per heavy atom. The first-order valence-electron chi connectivity index (χ1n) is 13.5. The van der Waals surface area contributed by atoms with Crippen LogP contribution in [0.4, 0.5) is 0 Å². The van der Waals surface area contributed by atoms with Crippen molar-refractivity contribution in [1.29, 1.82) is 0 Å². The summed E-state index contributed by atoms with van der Waals surface area (Å²) in [7, 11) is 1.29. The number of aliphatic hydroxyl groups excluding tert-OH is 1. The molecular formula is C29H40N4O6S. The van der Waals surface area contributed by atoms with Gasteiger partial charge in [-0.05, 0) is 36.8 Å². The van der Waals surface area contributed by atoms with Crippen molar-refractivity contribution < 1.29 is 29.0 Å². The van der Waals surface area contributed by atoms with E-state index in [2.05, 4.69) is 20.4 Å². The van der Waals surface area contributed by atoms with Gasteiger partial charge in [-0.15, -0.1) is 11.3 Å². The number of carbonyl (C=O) groups excluding carboxylic acids is 4. The number of carbonyl (C=O) groups is 4. The van der Waals surface area contributed by atoms with Crippen molar-refractivity contribution in [2.45, 2.75) is 84.5 Å². The molecule has 1 aliphatic heterocycles. The van der Waals surface area contributed by atoms with Gasteiger partial charge in [-0.3, -0.25) is 19.2 Å². The Bertz CT molecular complexity index is 1210. The minimum absolute atomic E-state index is 0.00100. The van der Waals surface area contributed by atoms with Gasteiger partial charge in [-0.1, -0.05) is 45.0 Å². The summed E-state index contributed by atoms with van der Waals surface area (Å²) < 4.78 is 4.60. The number of thiazole rings is 1. The molecule has 0 radical (unpaired) electrons. The van der Waals surface area contributed by atoms with Gasteiger partial charge in [-0.2, -0.15) is 0 Å². The highest BCUT2D eigenvalue weighted by atomic mass is 32.1. The lowest BCUT2D eigenvalue weighted by Gasteiger charge is -2.35. The summed E-state index contributed by atoms with van der Waals surface area (Å²) >= 11 is 1.57. The molecule has 0 saturated carbocycles. The summed E-state index contributed by atoms with van der Waals surface area (Å²) in [6, 6.07) is 5.79. The lowest BCUT2D eigenvalue weighted by Crippen LogP contribution is -2.57. The zero-order valence-corrected chi connectivity index (χ0v) is 24.8. The second-order valence-electron chi connectivity index (χ2n) is 11.3. The van der Waals surface area contributed by atoms with Crippen LogP contribution in [0, 0.1) is 12.3 Å². The number of likely N-dealkylation sites (tertiary alicyclic amines) is 1. The SMILES string of the molecule is COC(=O)CCCC(=O)NC(C(=O)N1CC(O)CC1C(=O)NC(C)c1ccc(-c2scnc2C)cc1)C(C)(C)C. The van der Waals surface area contributed by atoms with Gasteiger partial charge in [-0.25, -0.2) is 4.98 Å². The highest BCUT2D eigenvalue weighted by molar-refractivity contribution is 7.13. The number of amides is 3. The fourth-order valence-electron chi connectivity index (χ4n) is 4.74. The van der Waals surface area contributed by atoms with Crippen LogP contribution in [-0.4, -0.2) is 70.5 Å². The number of esters is 1. The van der Waals surface area contributed by atoms with E-state index in [-0.39, 0.29) is 43.7 Å². The third-order valence-electron chi connectivity index (χ3n) is 7.07. The maximum atomic E-state index is 13.7. The molecule has 1 fully saturated rings. The molecule has 4 atom stereocenters. The normalized spacial score (nSPS) is 18.6. The topological polar surface area (TPSA) is 138 Å². The Hall–Kier alpha value is -3.31. The molecule has 3 rings (SSSR count). The van der Waals surface area contributed by atoms with Crippen LogP contribution < -0.4 is 10.6 Å². The predicted octanol–water partition coefficient (Wildman–Crippen LogP) is 3.13. The number of nitrogens with zero attached hydrogens (tertiary/aromatic N) is 2. The summed E-state index contributed by atoms with van der Waals surface area (Å²) in [5.74, 6) is -1.57. The molecule has 1 aliphatic rings. The first-order valence-corrected chi connectivity index (χ1v) is 14.3. The number of aromatic nitrogens is 1. The largest absolute Gasteiger partial charge is 0.469 e. The second kappa shape index (κ2) is 13.4. The third-order valence-corrected chi connectivity index (χ3v) is 8.05. The van der Waals surface area contributed by atoms with Crippen molar-refractivity contribution in [3.8, 4) is 10.4 Å². The van der Waals surface area contributed by atoms with E-state index in [0.717, 1.165) is 21.7 Å². The Labute approximate surface area is 239 Å². The molecule has 10 nitrogen and oxygen atoms in total. The van der Waals surface area contributed by atoms with E-state index < -0.39 is 35.5 Å². The monoisotopic (exact) mass is 572 g/mol. The van der Waals surface area contributed by atoms with Gasteiger partial charge < -0.3 is 25.4 Å². The minimum Gasteiger partial charge on any atom is -0.469 e. The number of hydrogen-bond acceptors (Lipinski definition) is 8. The van der Waals surface area contributed by atoms with Crippen molar-refractivity contribution in [2.75, 3.05) is 13.7 Å². The van der Waals surface area contributed by atoms with Gasteiger partial charge in [0.05, 0.1) is 35.3 Å². The number of ether oxygens (including phenoxy) is 1. The van der Waals surface area contributed by atoms with Gasteiger partial charge in [0.25, 0.3) is 0 Å². The number of nitrogens with one attached hydrogen (secondary N) is 2. The molecule has 3 amide bonds. The molecule has 3 N–H and O–H groups in total. The van der Waals surface area contributed by atoms with Crippen molar-refractivity contribution in [3.63, 3.8) is 0 Å². The van der Waals surface area contributed by atoms with Crippen LogP contribution in [0.3, 0.4) is 0 Å². The number of aryl methyl sites for hydroxylation is 1. The van der Waals surface area contributed by atoms with Crippen molar-refractivity contribution in [3.05, 3.63) is 41.0 Å². The summed E-state index contributed by atoms with van der Waals surface area (Å²) in [4.78, 5) is 57.8. The number of rotatable bonds is 10. The Morgan fingerprint density at radius 3 is 2.40 bits per heavy atom. The van der Waals surface area contributed by atoms with E-state index in [9.17, 15) is 24.3 Å². The number of β-amino-alcohol motifs (C(OH)–C–C–N with tert-alkyl or cyclic N) is 1. The lowest BCUT2D eigenvalue weighted by atomic mass is 9.85. The van der Waals surface area contributed by atoms with Gasteiger partial charge in [0.15, 0.2) is 0 Å². The molecule has 0 spiro atoms. The standard InChI is InChI=1S/C29H40N4O6S/c1-17(19-10-12-20(13-11-19)25-18(2)30-16-40-25)31-27(37)22-14-21(34)15-33(22)28(38)26(29(3,4)5)32-23(35)8-7-9-24(36)39-6/h10-13,16-17,21-22,26,34H,7-9,14-15H2,1-6H3,(H,31,37)(H,32,35). The van der Waals surface area contributed by atoms with Gasteiger partial charge in [0.1, 0.15) is 12.1 Å². The van der Waals surface area contributed by atoms with Crippen molar-refractivity contribution >= 4 is 35.0 Å². The van der Waals surface area contributed by atoms with E-state index in [1.807, 2.05) is 64.4 Å². The highest BCUT2D eigenvalue weighted by Gasteiger charge is 2.44. The molecule has 1 saturated heterocycles. The average molecular weight is 573 g/mol. The first-order chi connectivity index (χ1) is 18.8. The van der Waals surface area contributed by atoms with Crippen LogP contribution in [0.5, 0.6) is 0 Å². The van der Waals surface area contributed by atoms with E-state index >= 15 is 0 Å². The van der Waals surface area contributed by atoms with E-state index in [0.29, 0.717) is 6.42 Å². The third kappa shape index (κ3) is 7.88. The fraction of sp³-hybridized carbons (Fsp3) is 0.552. The van der Waals surface area contributed by atoms with E-state index in [1.54, 1.807) is 11.3 Å². The summed E-state index contributed by atoms with van der Waals surface area (Å²) in [6.45, 7) is 9.31.